The van der Waals surface area contributed by atoms with E-state index in [-0.39, 0.29) is 6.42 Å². The van der Waals surface area contributed by atoms with Crippen LogP contribution in [0.15, 0.2) is 36.9 Å². The zero-order valence-corrected chi connectivity index (χ0v) is 8.64. The molecule has 1 aromatic carbocycles. The Morgan fingerprint density at radius 2 is 2.07 bits per heavy atom. The van der Waals surface area contributed by atoms with E-state index in [0.29, 0.717) is 5.57 Å². The van der Waals surface area contributed by atoms with Crippen molar-refractivity contribution in [1.29, 1.82) is 0 Å². The number of carbonyl (C=O) groups is 1. The fourth-order valence-electron chi connectivity index (χ4n) is 1.24. The lowest BCUT2D eigenvalue weighted by Gasteiger charge is -2.10. The number of aliphatic hydroxyl groups is 1. The molecular weight excluding hydrogens is 192 g/mol. The van der Waals surface area contributed by atoms with E-state index in [1.807, 2.05) is 30.3 Å². The maximum absolute atomic E-state index is 11.0. The number of hydrogen-bond donors (Lipinski definition) is 1. The monoisotopic (exact) mass is 206 g/mol. The molecule has 1 N–H and O–H groups in total. The second-order valence-electron chi connectivity index (χ2n) is 3.21. The third-order valence-electron chi connectivity index (χ3n) is 2.10. The maximum Gasteiger partial charge on any atom is 0.335 e. The van der Waals surface area contributed by atoms with Gasteiger partial charge in [0, 0.05) is 6.42 Å². The smallest absolute Gasteiger partial charge is 0.335 e. The highest BCUT2D eigenvalue weighted by molar-refractivity contribution is 5.77. The van der Waals surface area contributed by atoms with Crippen molar-refractivity contribution in [2.45, 2.75) is 12.5 Å². The predicted molar refractivity (Wildman–Crippen MR) is 58.1 cm³/mol. The second kappa shape index (κ2) is 5.32. The Labute approximate surface area is 89.0 Å². The summed E-state index contributed by atoms with van der Waals surface area (Å²) in [5.74, 6) is -0.632. The molecule has 0 aromatic heterocycles. The third-order valence-corrected chi connectivity index (χ3v) is 2.10. The molecule has 0 saturated heterocycles. The van der Waals surface area contributed by atoms with Crippen molar-refractivity contribution in [2.24, 2.45) is 0 Å². The standard InChI is InChI=1S/C12H14O3/c1-9(8-11(13)12(14)15-2)10-6-4-3-5-7-10/h3-7,11,13H,1,8H2,2H3/t11-/m1/s1. The van der Waals surface area contributed by atoms with E-state index in [1.54, 1.807) is 0 Å². The van der Waals surface area contributed by atoms with Crippen LogP contribution in [0.1, 0.15) is 12.0 Å². The Morgan fingerprint density at radius 1 is 1.47 bits per heavy atom. The molecule has 0 spiro atoms. The van der Waals surface area contributed by atoms with Gasteiger partial charge in [0.25, 0.3) is 0 Å². The van der Waals surface area contributed by atoms with Gasteiger partial charge in [-0.3, -0.25) is 0 Å². The van der Waals surface area contributed by atoms with Gasteiger partial charge in [-0.2, -0.15) is 0 Å². The minimum Gasteiger partial charge on any atom is -0.467 e. The summed E-state index contributed by atoms with van der Waals surface area (Å²) in [5.41, 5.74) is 1.63. The largest absolute Gasteiger partial charge is 0.467 e. The van der Waals surface area contributed by atoms with Crippen LogP contribution in [0.5, 0.6) is 0 Å². The Kier molecular flexibility index (Phi) is 4.06. The zero-order chi connectivity index (χ0) is 11.3. The van der Waals surface area contributed by atoms with Crippen LogP contribution in [0.4, 0.5) is 0 Å². The molecule has 3 heteroatoms. The van der Waals surface area contributed by atoms with E-state index in [1.165, 1.54) is 7.11 Å². The van der Waals surface area contributed by atoms with Crippen LogP contribution in [0, 0.1) is 0 Å². The summed E-state index contributed by atoms with van der Waals surface area (Å²) in [6.45, 7) is 3.81. The van der Waals surface area contributed by atoms with E-state index in [0.717, 1.165) is 5.56 Å². The molecule has 1 atom stereocenters. The average Bonchev–Trinajstić information content (AvgIpc) is 2.29. The highest BCUT2D eigenvalue weighted by atomic mass is 16.5. The highest BCUT2D eigenvalue weighted by Gasteiger charge is 2.16. The first-order valence-electron chi connectivity index (χ1n) is 4.64. The minimum absolute atomic E-state index is 0.191. The number of methoxy groups -OCH3 is 1. The molecule has 0 unspecified atom stereocenters. The molecule has 0 aliphatic carbocycles. The van der Waals surface area contributed by atoms with E-state index >= 15 is 0 Å². The number of ether oxygens (including phenoxy) is 1. The summed E-state index contributed by atoms with van der Waals surface area (Å²) < 4.78 is 4.42. The first kappa shape index (κ1) is 11.5. The molecule has 1 rings (SSSR count). The van der Waals surface area contributed by atoms with Crippen molar-refractivity contribution < 1.29 is 14.6 Å². The van der Waals surface area contributed by atoms with Crippen LogP contribution in [0.3, 0.4) is 0 Å². The van der Waals surface area contributed by atoms with Crippen LogP contribution in [0.2, 0.25) is 0 Å². The molecule has 1 aromatic rings. The SMILES string of the molecule is C=C(C[C@@H](O)C(=O)OC)c1ccccc1. The van der Waals surface area contributed by atoms with Gasteiger partial charge in [-0.25, -0.2) is 4.79 Å². The Morgan fingerprint density at radius 3 is 2.60 bits per heavy atom. The molecule has 0 heterocycles. The van der Waals surface area contributed by atoms with Crippen molar-refractivity contribution in [3.63, 3.8) is 0 Å². The average molecular weight is 206 g/mol. The summed E-state index contributed by atoms with van der Waals surface area (Å²) >= 11 is 0. The Balaban J connectivity index is 2.61. The van der Waals surface area contributed by atoms with Crippen LogP contribution < -0.4 is 0 Å². The van der Waals surface area contributed by atoms with Crippen molar-refractivity contribution in [3.8, 4) is 0 Å². The molecule has 0 aliphatic heterocycles. The number of esters is 1. The first-order valence-corrected chi connectivity index (χ1v) is 4.64. The molecule has 0 saturated carbocycles. The number of carbonyl (C=O) groups excluding carboxylic acids is 1. The van der Waals surface area contributed by atoms with Crippen molar-refractivity contribution in [3.05, 3.63) is 42.5 Å². The van der Waals surface area contributed by atoms with Crippen LogP contribution in [-0.4, -0.2) is 24.3 Å². The number of rotatable bonds is 4. The van der Waals surface area contributed by atoms with E-state index < -0.39 is 12.1 Å². The van der Waals surface area contributed by atoms with Gasteiger partial charge in [0.2, 0.25) is 0 Å². The predicted octanol–water partition coefficient (Wildman–Crippen LogP) is 1.62. The third kappa shape index (κ3) is 3.22. The minimum atomic E-state index is -1.14. The molecule has 0 bridgehead atoms. The number of hydrogen-bond acceptors (Lipinski definition) is 3. The Bertz CT molecular complexity index is 343. The fraction of sp³-hybridized carbons (Fsp3) is 0.250. The molecule has 3 nitrogen and oxygen atoms in total. The summed E-state index contributed by atoms with van der Waals surface area (Å²) in [4.78, 5) is 11.0. The Hall–Kier alpha value is -1.61. The van der Waals surface area contributed by atoms with Gasteiger partial charge in [-0.1, -0.05) is 36.9 Å². The van der Waals surface area contributed by atoms with E-state index in [9.17, 15) is 9.90 Å². The van der Waals surface area contributed by atoms with Crippen molar-refractivity contribution in [2.75, 3.05) is 7.11 Å². The van der Waals surface area contributed by atoms with Crippen LogP contribution >= 0.6 is 0 Å². The topological polar surface area (TPSA) is 46.5 Å². The van der Waals surface area contributed by atoms with Gasteiger partial charge in [-0.15, -0.1) is 0 Å². The molecule has 0 amide bonds. The molecule has 80 valence electrons. The van der Waals surface area contributed by atoms with Gasteiger partial charge in [0.05, 0.1) is 7.11 Å². The second-order valence-corrected chi connectivity index (χ2v) is 3.21. The fourth-order valence-corrected chi connectivity index (χ4v) is 1.24. The van der Waals surface area contributed by atoms with Crippen molar-refractivity contribution in [1.82, 2.24) is 0 Å². The number of benzene rings is 1. The summed E-state index contributed by atoms with van der Waals surface area (Å²) in [5, 5.41) is 9.41. The summed E-state index contributed by atoms with van der Waals surface area (Å²) in [6, 6.07) is 9.42. The van der Waals surface area contributed by atoms with Gasteiger partial charge < -0.3 is 9.84 Å². The van der Waals surface area contributed by atoms with Crippen molar-refractivity contribution >= 4 is 11.5 Å². The van der Waals surface area contributed by atoms with E-state index in [4.69, 9.17) is 0 Å². The lowest BCUT2D eigenvalue weighted by Crippen LogP contribution is -2.21. The van der Waals surface area contributed by atoms with Crippen LogP contribution in [-0.2, 0) is 9.53 Å². The molecule has 0 radical (unpaired) electrons. The van der Waals surface area contributed by atoms with Crippen LogP contribution in [0.25, 0.3) is 5.57 Å². The quantitative estimate of drug-likeness (QED) is 0.761. The number of aliphatic hydroxyl groups excluding tert-OH is 1. The zero-order valence-electron chi connectivity index (χ0n) is 8.64. The molecular formula is C12H14O3. The maximum atomic E-state index is 11.0. The summed E-state index contributed by atoms with van der Waals surface area (Å²) in [7, 11) is 1.25. The lowest BCUT2D eigenvalue weighted by atomic mass is 10.0. The van der Waals surface area contributed by atoms with E-state index in [2.05, 4.69) is 11.3 Å². The van der Waals surface area contributed by atoms with Gasteiger partial charge in [0.1, 0.15) is 0 Å². The molecule has 0 fully saturated rings. The normalized spacial score (nSPS) is 11.9. The molecule has 0 aliphatic rings. The van der Waals surface area contributed by atoms with Gasteiger partial charge in [-0.05, 0) is 11.1 Å². The summed E-state index contributed by atoms with van der Waals surface area (Å²) in [6.07, 6.45) is -0.945. The van der Waals surface area contributed by atoms with Gasteiger partial charge in [0.15, 0.2) is 6.10 Å². The first-order chi connectivity index (χ1) is 7.15. The van der Waals surface area contributed by atoms with Gasteiger partial charge >= 0.3 is 5.97 Å². The lowest BCUT2D eigenvalue weighted by molar-refractivity contribution is -0.150. The highest BCUT2D eigenvalue weighted by Crippen LogP contribution is 2.17. The molecule has 15 heavy (non-hydrogen) atoms.